The third-order valence-corrected chi connectivity index (χ3v) is 5.54. The second-order valence-corrected chi connectivity index (χ2v) is 7.84. The summed E-state index contributed by atoms with van der Waals surface area (Å²) in [6.45, 7) is 3.46. The van der Waals surface area contributed by atoms with Gasteiger partial charge in [-0.15, -0.1) is 0 Å². The second-order valence-electron chi connectivity index (χ2n) is 7.84. The number of carbonyl (C=O) groups is 1. The SMILES string of the molecule is CCNC(=O)N1CCC(Oc2nc(-c3ccc(F)cc3)c(-c3ccc(F)cc3)nc2C#N)CC1. The van der Waals surface area contributed by atoms with Gasteiger partial charge >= 0.3 is 6.03 Å². The van der Waals surface area contributed by atoms with Crippen LogP contribution in [0.15, 0.2) is 48.5 Å². The van der Waals surface area contributed by atoms with Gasteiger partial charge in [-0.05, 0) is 55.5 Å². The summed E-state index contributed by atoms with van der Waals surface area (Å²) in [6, 6.07) is 13.3. The van der Waals surface area contributed by atoms with Crippen LogP contribution >= 0.6 is 0 Å². The lowest BCUT2D eigenvalue weighted by Gasteiger charge is -2.32. The summed E-state index contributed by atoms with van der Waals surface area (Å²) in [7, 11) is 0. The minimum Gasteiger partial charge on any atom is -0.472 e. The summed E-state index contributed by atoms with van der Waals surface area (Å²) >= 11 is 0. The lowest BCUT2D eigenvalue weighted by Crippen LogP contribution is -2.46. The summed E-state index contributed by atoms with van der Waals surface area (Å²) in [6.07, 6.45) is 0.912. The van der Waals surface area contributed by atoms with Crippen LogP contribution in [0.4, 0.5) is 13.6 Å². The minimum atomic E-state index is -0.403. The Morgan fingerprint density at radius 2 is 1.56 bits per heavy atom. The van der Waals surface area contributed by atoms with Gasteiger partial charge in [0, 0.05) is 43.6 Å². The zero-order valence-corrected chi connectivity index (χ0v) is 18.6. The van der Waals surface area contributed by atoms with Crippen molar-refractivity contribution in [2.24, 2.45) is 0 Å². The Bertz CT molecular complexity index is 1200. The monoisotopic (exact) mass is 463 g/mol. The van der Waals surface area contributed by atoms with Crippen LogP contribution in [0, 0.1) is 23.0 Å². The van der Waals surface area contributed by atoms with E-state index < -0.39 is 11.6 Å². The van der Waals surface area contributed by atoms with Crippen molar-refractivity contribution in [2.75, 3.05) is 19.6 Å². The first kappa shape index (κ1) is 23.1. The van der Waals surface area contributed by atoms with Gasteiger partial charge in [-0.2, -0.15) is 5.26 Å². The van der Waals surface area contributed by atoms with E-state index in [-0.39, 0.29) is 23.7 Å². The maximum absolute atomic E-state index is 13.5. The lowest BCUT2D eigenvalue weighted by atomic mass is 10.0. The highest BCUT2D eigenvalue weighted by molar-refractivity contribution is 5.78. The van der Waals surface area contributed by atoms with Crippen molar-refractivity contribution in [1.82, 2.24) is 20.2 Å². The van der Waals surface area contributed by atoms with E-state index in [9.17, 15) is 18.8 Å². The van der Waals surface area contributed by atoms with Crippen molar-refractivity contribution >= 4 is 6.03 Å². The number of hydrogen-bond donors (Lipinski definition) is 1. The Morgan fingerprint density at radius 3 is 2.06 bits per heavy atom. The van der Waals surface area contributed by atoms with Gasteiger partial charge in [0.2, 0.25) is 5.69 Å². The van der Waals surface area contributed by atoms with Gasteiger partial charge < -0.3 is 15.0 Å². The van der Waals surface area contributed by atoms with E-state index in [2.05, 4.69) is 15.3 Å². The number of benzene rings is 2. The number of rotatable bonds is 5. The molecular formula is C25H23F2N5O2. The molecule has 1 saturated heterocycles. The van der Waals surface area contributed by atoms with E-state index >= 15 is 0 Å². The third kappa shape index (κ3) is 5.12. The van der Waals surface area contributed by atoms with Crippen LogP contribution in [0.1, 0.15) is 25.5 Å². The molecule has 0 bridgehead atoms. The van der Waals surface area contributed by atoms with Gasteiger partial charge in [0.1, 0.15) is 29.5 Å². The predicted octanol–water partition coefficient (Wildman–Crippen LogP) is 4.53. The number of piperidine rings is 1. The summed E-state index contributed by atoms with van der Waals surface area (Å²) in [4.78, 5) is 22.9. The first-order chi connectivity index (χ1) is 16.5. The van der Waals surface area contributed by atoms with E-state index in [1.54, 1.807) is 29.2 Å². The number of carbonyl (C=O) groups excluding carboxylic acids is 1. The molecule has 1 fully saturated rings. The van der Waals surface area contributed by atoms with Crippen molar-refractivity contribution in [2.45, 2.75) is 25.9 Å². The van der Waals surface area contributed by atoms with Crippen LogP contribution < -0.4 is 10.1 Å². The quantitative estimate of drug-likeness (QED) is 0.600. The molecule has 1 aliphatic rings. The molecule has 3 aromatic rings. The largest absolute Gasteiger partial charge is 0.472 e. The Balaban J connectivity index is 1.66. The van der Waals surface area contributed by atoms with Gasteiger partial charge in [0.15, 0.2) is 0 Å². The zero-order chi connectivity index (χ0) is 24.1. The second kappa shape index (κ2) is 10.3. The Hall–Kier alpha value is -4.06. The molecule has 0 aliphatic carbocycles. The number of amides is 2. The molecule has 2 aromatic carbocycles. The first-order valence-electron chi connectivity index (χ1n) is 11.0. The third-order valence-electron chi connectivity index (χ3n) is 5.54. The van der Waals surface area contributed by atoms with Crippen molar-refractivity contribution < 1.29 is 18.3 Å². The predicted molar refractivity (Wildman–Crippen MR) is 122 cm³/mol. The van der Waals surface area contributed by atoms with Crippen LogP contribution in [-0.2, 0) is 0 Å². The van der Waals surface area contributed by atoms with Crippen LogP contribution in [0.3, 0.4) is 0 Å². The molecule has 34 heavy (non-hydrogen) atoms. The molecule has 174 valence electrons. The van der Waals surface area contributed by atoms with Crippen LogP contribution in [0.25, 0.3) is 22.5 Å². The number of ether oxygens (including phenoxy) is 1. The Kier molecular flexibility index (Phi) is 6.97. The maximum Gasteiger partial charge on any atom is 0.317 e. The van der Waals surface area contributed by atoms with E-state index in [4.69, 9.17) is 4.74 Å². The number of likely N-dealkylation sites (tertiary alicyclic amines) is 1. The highest BCUT2D eigenvalue weighted by Gasteiger charge is 2.26. The average Bonchev–Trinajstić information content (AvgIpc) is 2.85. The smallest absolute Gasteiger partial charge is 0.317 e. The first-order valence-corrected chi connectivity index (χ1v) is 11.0. The summed E-state index contributed by atoms with van der Waals surface area (Å²) in [5.41, 5.74) is 1.89. The van der Waals surface area contributed by atoms with Gasteiger partial charge in [-0.3, -0.25) is 0 Å². The topological polar surface area (TPSA) is 91.1 Å². The number of aromatic nitrogens is 2. The fraction of sp³-hybridized carbons (Fsp3) is 0.280. The molecule has 2 amide bonds. The van der Waals surface area contributed by atoms with E-state index in [1.807, 2.05) is 13.0 Å². The van der Waals surface area contributed by atoms with E-state index in [0.717, 1.165) is 0 Å². The fourth-order valence-corrected chi connectivity index (χ4v) is 3.79. The zero-order valence-electron chi connectivity index (χ0n) is 18.6. The number of halogens is 2. The molecule has 9 heteroatoms. The lowest BCUT2D eigenvalue weighted by molar-refractivity contribution is 0.107. The molecule has 0 spiro atoms. The molecule has 4 rings (SSSR count). The molecular weight excluding hydrogens is 440 g/mol. The normalized spacial score (nSPS) is 13.9. The summed E-state index contributed by atoms with van der Waals surface area (Å²) < 4.78 is 33.1. The van der Waals surface area contributed by atoms with Crippen LogP contribution in [0.5, 0.6) is 5.88 Å². The van der Waals surface area contributed by atoms with Crippen molar-refractivity contribution in [1.29, 1.82) is 5.26 Å². The molecule has 7 nitrogen and oxygen atoms in total. The Morgan fingerprint density at radius 1 is 1.03 bits per heavy atom. The molecule has 0 unspecified atom stereocenters. The van der Waals surface area contributed by atoms with Gasteiger partial charge in [0.25, 0.3) is 5.88 Å². The summed E-state index contributed by atoms with van der Waals surface area (Å²) in [5.74, 6) is -0.729. The fourth-order valence-electron chi connectivity index (χ4n) is 3.79. The van der Waals surface area contributed by atoms with E-state index in [0.29, 0.717) is 55.0 Å². The van der Waals surface area contributed by atoms with Crippen molar-refractivity contribution in [3.8, 4) is 34.5 Å². The molecule has 0 atom stereocenters. The molecule has 2 heterocycles. The summed E-state index contributed by atoms with van der Waals surface area (Å²) in [5, 5.41) is 12.5. The molecule has 0 radical (unpaired) electrons. The molecule has 1 N–H and O–H groups in total. The number of nitrogens with zero attached hydrogens (tertiary/aromatic N) is 4. The molecule has 1 aliphatic heterocycles. The number of urea groups is 1. The Labute approximate surface area is 196 Å². The number of nitriles is 1. The highest BCUT2D eigenvalue weighted by Crippen LogP contribution is 2.33. The number of nitrogens with one attached hydrogen (secondary N) is 1. The molecule has 0 saturated carbocycles. The van der Waals surface area contributed by atoms with Crippen molar-refractivity contribution in [3.63, 3.8) is 0 Å². The van der Waals surface area contributed by atoms with Crippen molar-refractivity contribution in [3.05, 3.63) is 65.9 Å². The standard InChI is InChI=1S/C25H23F2N5O2/c1-2-29-25(33)32-13-11-20(12-14-32)34-24-21(15-28)30-22(16-3-7-18(26)8-4-16)23(31-24)17-5-9-19(27)10-6-17/h3-10,20H,2,11-14H2,1H3,(H,29,33). The van der Waals surface area contributed by atoms with Gasteiger partial charge in [0.05, 0.1) is 5.69 Å². The van der Waals surface area contributed by atoms with E-state index in [1.165, 1.54) is 24.3 Å². The maximum atomic E-state index is 13.5. The number of hydrogen-bond acceptors (Lipinski definition) is 5. The van der Waals surface area contributed by atoms with Crippen LogP contribution in [0.2, 0.25) is 0 Å². The van der Waals surface area contributed by atoms with Gasteiger partial charge in [-0.25, -0.2) is 23.5 Å². The van der Waals surface area contributed by atoms with Crippen LogP contribution in [-0.4, -0.2) is 46.6 Å². The molecule has 1 aromatic heterocycles. The highest BCUT2D eigenvalue weighted by atomic mass is 19.1. The minimum absolute atomic E-state index is 0.00339. The van der Waals surface area contributed by atoms with Gasteiger partial charge in [-0.1, -0.05) is 0 Å². The average molecular weight is 463 g/mol.